The lowest BCUT2D eigenvalue weighted by molar-refractivity contribution is 0.322. The first-order valence-electron chi connectivity index (χ1n) is 6.81. The maximum absolute atomic E-state index is 5.93. The van der Waals surface area contributed by atoms with E-state index in [1.165, 1.54) is 23.2 Å². The normalized spacial score (nSPS) is 13.5. The number of nitrogens with one attached hydrogen (secondary N) is 1. The summed E-state index contributed by atoms with van der Waals surface area (Å²) in [5.41, 5.74) is 3.81. The Hall–Kier alpha value is -2.03. The van der Waals surface area contributed by atoms with Gasteiger partial charge in [-0.25, -0.2) is 0 Å². The number of rotatable bonds is 4. The lowest BCUT2D eigenvalue weighted by Crippen LogP contribution is -2.13. The summed E-state index contributed by atoms with van der Waals surface area (Å²) in [6.45, 7) is 1.74. The molecule has 3 rings (SSSR count). The zero-order valence-electron chi connectivity index (χ0n) is 10.9. The first-order valence-corrected chi connectivity index (χ1v) is 6.81. The highest BCUT2D eigenvalue weighted by atomic mass is 16.5. The summed E-state index contributed by atoms with van der Waals surface area (Å²) in [4.78, 5) is 4.02. The van der Waals surface area contributed by atoms with Gasteiger partial charge in [-0.15, -0.1) is 0 Å². The number of aryl methyl sites for hydroxylation is 1. The van der Waals surface area contributed by atoms with Crippen molar-refractivity contribution in [2.24, 2.45) is 0 Å². The third kappa shape index (κ3) is 2.87. The fourth-order valence-electron chi connectivity index (χ4n) is 2.43. The molecule has 0 atom stereocenters. The minimum atomic E-state index is 0.697. The molecule has 1 aliphatic rings. The fourth-order valence-corrected chi connectivity index (χ4v) is 2.43. The summed E-state index contributed by atoms with van der Waals surface area (Å²) >= 11 is 0. The van der Waals surface area contributed by atoms with Crippen molar-refractivity contribution in [3.05, 3.63) is 53.9 Å². The Morgan fingerprint density at radius 3 is 2.95 bits per heavy atom. The standard InChI is InChI=1S/C16H18N2O/c1-3-14-4-2-9-18-16(14)15(5-1)19-12-8-13-6-10-17-11-7-13/h1,3,5-7,10-11,18H,2,4,8-9,12H2. The van der Waals surface area contributed by atoms with Crippen LogP contribution in [0, 0.1) is 0 Å². The smallest absolute Gasteiger partial charge is 0.142 e. The molecule has 1 aromatic heterocycles. The fraction of sp³-hybridized carbons (Fsp3) is 0.312. The molecule has 3 nitrogen and oxygen atoms in total. The second-order valence-corrected chi connectivity index (χ2v) is 4.77. The second kappa shape index (κ2) is 5.74. The average Bonchev–Trinajstić information content (AvgIpc) is 2.49. The van der Waals surface area contributed by atoms with E-state index in [4.69, 9.17) is 4.74 Å². The quantitative estimate of drug-likeness (QED) is 0.910. The van der Waals surface area contributed by atoms with Crippen molar-refractivity contribution in [3.8, 4) is 5.75 Å². The van der Waals surface area contributed by atoms with Gasteiger partial charge in [-0.05, 0) is 42.2 Å². The molecule has 2 heterocycles. The number of nitrogens with zero attached hydrogens (tertiary/aromatic N) is 1. The maximum atomic E-state index is 5.93. The van der Waals surface area contributed by atoms with Crippen LogP contribution in [0.5, 0.6) is 5.75 Å². The number of fused-ring (bicyclic) bond motifs is 1. The van der Waals surface area contributed by atoms with Gasteiger partial charge in [-0.1, -0.05) is 12.1 Å². The van der Waals surface area contributed by atoms with Crippen LogP contribution in [-0.2, 0) is 12.8 Å². The van der Waals surface area contributed by atoms with Gasteiger partial charge in [0, 0.05) is 25.4 Å². The minimum Gasteiger partial charge on any atom is -0.491 e. The number of pyridine rings is 1. The van der Waals surface area contributed by atoms with Crippen molar-refractivity contribution in [2.45, 2.75) is 19.3 Å². The summed E-state index contributed by atoms with van der Waals surface area (Å²) in [5, 5.41) is 3.44. The number of aromatic nitrogens is 1. The van der Waals surface area contributed by atoms with Crippen LogP contribution in [0.2, 0.25) is 0 Å². The maximum Gasteiger partial charge on any atom is 0.142 e. The zero-order valence-corrected chi connectivity index (χ0v) is 10.9. The van der Waals surface area contributed by atoms with Crippen LogP contribution < -0.4 is 10.1 Å². The van der Waals surface area contributed by atoms with Crippen molar-refractivity contribution < 1.29 is 4.74 Å². The molecule has 0 radical (unpaired) electrons. The molecule has 1 aliphatic heterocycles. The second-order valence-electron chi connectivity index (χ2n) is 4.77. The van der Waals surface area contributed by atoms with Crippen LogP contribution in [0.3, 0.4) is 0 Å². The Morgan fingerprint density at radius 2 is 2.05 bits per heavy atom. The van der Waals surface area contributed by atoms with Crippen molar-refractivity contribution in [2.75, 3.05) is 18.5 Å². The highest BCUT2D eigenvalue weighted by Gasteiger charge is 2.12. The van der Waals surface area contributed by atoms with Crippen LogP contribution in [0.4, 0.5) is 5.69 Å². The van der Waals surface area contributed by atoms with Crippen molar-refractivity contribution in [3.63, 3.8) is 0 Å². The Kier molecular flexibility index (Phi) is 3.63. The molecule has 1 aromatic carbocycles. The molecule has 0 bridgehead atoms. The molecule has 1 N–H and O–H groups in total. The van der Waals surface area contributed by atoms with Crippen LogP contribution in [-0.4, -0.2) is 18.1 Å². The largest absolute Gasteiger partial charge is 0.491 e. The monoisotopic (exact) mass is 254 g/mol. The molecule has 0 aliphatic carbocycles. The molecule has 0 amide bonds. The van der Waals surface area contributed by atoms with Crippen molar-refractivity contribution in [1.29, 1.82) is 0 Å². The Labute approximate surface area is 113 Å². The van der Waals surface area contributed by atoms with Crippen LogP contribution >= 0.6 is 0 Å². The van der Waals surface area contributed by atoms with Gasteiger partial charge in [-0.2, -0.15) is 0 Å². The number of ether oxygens (including phenoxy) is 1. The summed E-state index contributed by atoms with van der Waals surface area (Å²) < 4.78 is 5.93. The van der Waals surface area contributed by atoms with Gasteiger partial charge in [0.2, 0.25) is 0 Å². The number of hydrogen-bond donors (Lipinski definition) is 1. The van der Waals surface area contributed by atoms with E-state index >= 15 is 0 Å². The lowest BCUT2D eigenvalue weighted by atomic mass is 10.0. The van der Waals surface area contributed by atoms with Gasteiger partial charge in [0.05, 0.1) is 12.3 Å². The van der Waals surface area contributed by atoms with Crippen LogP contribution in [0.1, 0.15) is 17.5 Å². The zero-order chi connectivity index (χ0) is 12.9. The van der Waals surface area contributed by atoms with Gasteiger partial charge in [0.15, 0.2) is 0 Å². The van der Waals surface area contributed by atoms with E-state index in [0.717, 1.165) is 25.1 Å². The van der Waals surface area contributed by atoms with E-state index in [1.807, 2.05) is 30.6 Å². The van der Waals surface area contributed by atoms with E-state index in [2.05, 4.69) is 22.4 Å². The number of hydrogen-bond acceptors (Lipinski definition) is 3. The van der Waals surface area contributed by atoms with Gasteiger partial charge < -0.3 is 10.1 Å². The van der Waals surface area contributed by atoms with E-state index in [9.17, 15) is 0 Å². The highest BCUT2D eigenvalue weighted by molar-refractivity contribution is 5.63. The third-order valence-corrected chi connectivity index (χ3v) is 3.43. The van der Waals surface area contributed by atoms with Crippen molar-refractivity contribution in [1.82, 2.24) is 4.98 Å². The average molecular weight is 254 g/mol. The first kappa shape index (κ1) is 12.0. The number of anilines is 1. The Balaban J connectivity index is 1.64. The van der Waals surface area contributed by atoms with E-state index in [-0.39, 0.29) is 0 Å². The van der Waals surface area contributed by atoms with E-state index < -0.39 is 0 Å². The number of benzene rings is 1. The molecule has 19 heavy (non-hydrogen) atoms. The SMILES string of the molecule is c1cc2c(c(OCCc3ccncc3)c1)NCCC2. The van der Waals surface area contributed by atoms with Gasteiger partial charge in [-0.3, -0.25) is 4.98 Å². The predicted octanol–water partition coefficient (Wildman–Crippen LogP) is 3.06. The van der Waals surface area contributed by atoms with Crippen LogP contribution in [0.25, 0.3) is 0 Å². The number of para-hydroxylation sites is 1. The van der Waals surface area contributed by atoms with Gasteiger partial charge in [0.25, 0.3) is 0 Å². The molecular formula is C16H18N2O. The van der Waals surface area contributed by atoms with Gasteiger partial charge >= 0.3 is 0 Å². The van der Waals surface area contributed by atoms with E-state index in [0.29, 0.717) is 6.61 Å². The molecule has 0 saturated heterocycles. The summed E-state index contributed by atoms with van der Waals surface area (Å²) in [7, 11) is 0. The molecule has 3 heteroatoms. The summed E-state index contributed by atoms with van der Waals surface area (Å²) in [6, 6.07) is 10.4. The highest BCUT2D eigenvalue weighted by Crippen LogP contribution is 2.31. The van der Waals surface area contributed by atoms with Crippen molar-refractivity contribution >= 4 is 5.69 Å². The van der Waals surface area contributed by atoms with Gasteiger partial charge in [0.1, 0.15) is 5.75 Å². The summed E-state index contributed by atoms with van der Waals surface area (Å²) in [6.07, 6.45) is 6.89. The minimum absolute atomic E-state index is 0.697. The molecule has 98 valence electrons. The molecule has 0 unspecified atom stereocenters. The topological polar surface area (TPSA) is 34.1 Å². The van der Waals surface area contributed by atoms with E-state index in [1.54, 1.807) is 0 Å². The molecular weight excluding hydrogens is 236 g/mol. The molecule has 0 spiro atoms. The third-order valence-electron chi connectivity index (χ3n) is 3.43. The molecule has 0 saturated carbocycles. The summed E-state index contributed by atoms with van der Waals surface area (Å²) in [5.74, 6) is 0.978. The predicted molar refractivity (Wildman–Crippen MR) is 76.7 cm³/mol. The first-order chi connectivity index (χ1) is 9.43. The Bertz CT molecular complexity index is 540. The van der Waals surface area contributed by atoms with Crippen LogP contribution in [0.15, 0.2) is 42.7 Å². The molecule has 2 aromatic rings. The molecule has 0 fully saturated rings. The lowest BCUT2D eigenvalue weighted by Gasteiger charge is -2.21. The Morgan fingerprint density at radius 1 is 1.16 bits per heavy atom.